The first-order valence-corrected chi connectivity index (χ1v) is 8.92. The quantitative estimate of drug-likeness (QED) is 0.862. The molecule has 1 fully saturated rings. The number of nitrogens with zero attached hydrogens (tertiary/aromatic N) is 5. The van der Waals surface area contributed by atoms with Crippen LogP contribution in [0.1, 0.15) is 23.0 Å². The Kier molecular flexibility index (Phi) is 6.01. The number of ether oxygens (including phenoxy) is 1. The van der Waals surface area contributed by atoms with Crippen molar-refractivity contribution in [3.63, 3.8) is 0 Å². The van der Waals surface area contributed by atoms with Crippen LogP contribution in [0, 0.1) is 11.3 Å². The molecule has 3 rings (SSSR count). The number of piperazine rings is 1. The summed E-state index contributed by atoms with van der Waals surface area (Å²) in [5.41, 5.74) is 1.16. The van der Waals surface area contributed by atoms with Crippen molar-refractivity contribution in [1.29, 1.82) is 5.26 Å². The Morgan fingerprint density at radius 2 is 1.96 bits per heavy atom. The van der Waals surface area contributed by atoms with E-state index >= 15 is 0 Å². The van der Waals surface area contributed by atoms with Crippen molar-refractivity contribution in [2.45, 2.75) is 6.92 Å². The van der Waals surface area contributed by atoms with Crippen molar-refractivity contribution >= 4 is 23.5 Å². The summed E-state index contributed by atoms with van der Waals surface area (Å²) in [5, 5.41) is 19.8. The topological polar surface area (TPSA) is 111 Å². The molecule has 0 aliphatic carbocycles. The lowest BCUT2D eigenvalue weighted by molar-refractivity contribution is 0.101. The molecule has 0 atom stereocenters. The van der Waals surface area contributed by atoms with Crippen molar-refractivity contribution in [3.05, 3.63) is 47.7 Å². The highest BCUT2D eigenvalue weighted by molar-refractivity contribution is 6.02. The Labute approximate surface area is 162 Å². The molecule has 1 saturated heterocycles. The Balaban J connectivity index is 1.58. The lowest BCUT2D eigenvalue weighted by atomic mass is 10.2. The molecule has 28 heavy (non-hydrogen) atoms. The zero-order valence-electron chi connectivity index (χ0n) is 15.5. The summed E-state index contributed by atoms with van der Waals surface area (Å²) in [7, 11) is 0. The van der Waals surface area contributed by atoms with Gasteiger partial charge in [-0.25, -0.2) is 4.79 Å². The molecule has 1 aliphatic heterocycles. The molecular formula is C19H20N6O3. The van der Waals surface area contributed by atoms with Crippen molar-refractivity contribution in [3.8, 4) is 6.07 Å². The average molecular weight is 380 g/mol. The maximum absolute atomic E-state index is 12.3. The second-order valence-corrected chi connectivity index (χ2v) is 6.10. The van der Waals surface area contributed by atoms with E-state index in [1.807, 2.05) is 11.0 Å². The molecule has 1 aliphatic rings. The summed E-state index contributed by atoms with van der Waals surface area (Å²) in [6.07, 6.45) is -0.305. The van der Waals surface area contributed by atoms with Crippen LogP contribution in [0.3, 0.4) is 0 Å². The van der Waals surface area contributed by atoms with Gasteiger partial charge in [0, 0.05) is 31.9 Å². The lowest BCUT2D eigenvalue weighted by Crippen LogP contribution is -2.49. The molecule has 1 N–H and O–H groups in total. The van der Waals surface area contributed by atoms with Crippen LogP contribution in [-0.4, -0.2) is 59.9 Å². The van der Waals surface area contributed by atoms with E-state index in [0.717, 1.165) is 0 Å². The van der Waals surface area contributed by atoms with E-state index in [4.69, 9.17) is 10.00 Å². The standard InChI is InChI=1S/C19H20N6O3/c1-2-28-19(27)25-10-8-24(9-11-25)17-7-6-16(22-23-17)18(26)21-15-5-3-4-14(12-15)13-20/h3-7,12H,2,8-11H2,1H3,(H,21,26). The monoisotopic (exact) mass is 380 g/mol. The smallest absolute Gasteiger partial charge is 0.409 e. The second-order valence-electron chi connectivity index (χ2n) is 6.10. The van der Waals surface area contributed by atoms with Gasteiger partial charge >= 0.3 is 6.09 Å². The number of aromatic nitrogens is 2. The van der Waals surface area contributed by atoms with E-state index in [-0.39, 0.29) is 11.8 Å². The third-order valence-electron chi connectivity index (χ3n) is 4.26. The van der Waals surface area contributed by atoms with Gasteiger partial charge < -0.3 is 19.9 Å². The van der Waals surface area contributed by atoms with Gasteiger partial charge in [-0.15, -0.1) is 10.2 Å². The summed E-state index contributed by atoms with van der Waals surface area (Å²) < 4.78 is 5.01. The first kappa shape index (κ1) is 19.1. The van der Waals surface area contributed by atoms with Gasteiger partial charge in [0.05, 0.1) is 18.2 Å². The fourth-order valence-electron chi connectivity index (χ4n) is 2.81. The van der Waals surface area contributed by atoms with Crippen molar-refractivity contribution in [1.82, 2.24) is 15.1 Å². The van der Waals surface area contributed by atoms with E-state index < -0.39 is 5.91 Å². The molecule has 9 heteroatoms. The minimum absolute atomic E-state index is 0.177. The SMILES string of the molecule is CCOC(=O)N1CCN(c2ccc(C(=O)Nc3cccc(C#N)c3)nn2)CC1. The number of anilines is 2. The van der Waals surface area contributed by atoms with Crippen LogP contribution in [0.4, 0.5) is 16.3 Å². The molecule has 0 saturated carbocycles. The molecule has 9 nitrogen and oxygen atoms in total. The molecule has 0 bridgehead atoms. The van der Waals surface area contributed by atoms with Gasteiger partial charge in [0.25, 0.3) is 5.91 Å². The zero-order valence-corrected chi connectivity index (χ0v) is 15.5. The largest absolute Gasteiger partial charge is 0.450 e. The number of rotatable bonds is 4. The fraction of sp³-hybridized carbons (Fsp3) is 0.316. The second kappa shape index (κ2) is 8.81. The van der Waals surface area contributed by atoms with Crippen molar-refractivity contribution in [2.24, 2.45) is 0 Å². The maximum Gasteiger partial charge on any atom is 0.409 e. The highest BCUT2D eigenvalue weighted by Gasteiger charge is 2.23. The number of hydrogen-bond donors (Lipinski definition) is 1. The van der Waals surface area contributed by atoms with E-state index in [0.29, 0.717) is 49.9 Å². The summed E-state index contributed by atoms with van der Waals surface area (Å²) in [5.74, 6) is 0.243. The average Bonchev–Trinajstić information content (AvgIpc) is 2.74. The molecule has 0 radical (unpaired) electrons. The van der Waals surface area contributed by atoms with Crippen LogP contribution >= 0.6 is 0 Å². The Morgan fingerprint density at radius 1 is 1.18 bits per heavy atom. The molecule has 144 valence electrons. The number of benzene rings is 1. The van der Waals surface area contributed by atoms with Crippen LogP contribution in [0.5, 0.6) is 0 Å². The van der Waals surface area contributed by atoms with Crippen LogP contribution in [0.15, 0.2) is 36.4 Å². The van der Waals surface area contributed by atoms with Gasteiger partial charge in [-0.2, -0.15) is 5.26 Å². The Morgan fingerprint density at radius 3 is 2.61 bits per heavy atom. The van der Waals surface area contributed by atoms with Crippen molar-refractivity contribution < 1.29 is 14.3 Å². The van der Waals surface area contributed by atoms with Crippen LogP contribution in [0.25, 0.3) is 0 Å². The van der Waals surface area contributed by atoms with E-state index in [1.54, 1.807) is 48.2 Å². The first-order valence-electron chi connectivity index (χ1n) is 8.92. The van der Waals surface area contributed by atoms with E-state index in [2.05, 4.69) is 15.5 Å². The molecular weight excluding hydrogens is 360 g/mol. The predicted octanol–water partition coefficient (Wildman–Crippen LogP) is 1.88. The Hall–Kier alpha value is -3.67. The first-order chi connectivity index (χ1) is 13.6. The van der Waals surface area contributed by atoms with Crippen LogP contribution < -0.4 is 10.2 Å². The summed E-state index contributed by atoms with van der Waals surface area (Å²) >= 11 is 0. The number of hydrogen-bond acceptors (Lipinski definition) is 7. The lowest BCUT2D eigenvalue weighted by Gasteiger charge is -2.34. The summed E-state index contributed by atoms with van der Waals surface area (Å²) in [4.78, 5) is 27.7. The molecule has 1 aromatic heterocycles. The molecule has 1 aromatic carbocycles. The number of carbonyl (C=O) groups is 2. The minimum Gasteiger partial charge on any atom is -0.450 e. The molecule has 2 heterocycles. The Bertz CT molecular complexity index is 885. The summed E-state index contributed by atoms with van der Waals surface area (Å²) in [6, 6.07) is 12.0. The van der Waals surface area contributed by atoms with E-state index in [9.17, 15) is 9.59 Å². The third-order valence-corrected chi connectivity index (χ3v) is 4.26. The van der Waals surface area contributed by atoms with Gasteiger partial charge in [-0.3, -0.25) is 4.79 Å². The van der Waals surface area contributed by atoms with Crippen LogP contribution in [0.2, 0.25) is 0 Å². The van der Waals surface area contributed by atoms with Gasteiger partial charge in [-0.05, 0) is 37.3 Å². The van der Waals surface area contributed by atoms with Gasteiger partial charge in [0.15, 0.2) is 11.5 Å². The van der Waals surface area contributed by atoms with E-state index in [1.165, 1.54) is 0 Å². The number of nitriles is 1. The fourth-order valence-corrected chi connectivity index (χ4v) is 2.81. The minimum atomic E-state index is -0.402. The zero-order chi connectivity index (χ0) is 19.9. The molecule has 2 aromatic rings. The van der Waals surface area contributed by atoms with Crippen molar-refractivity contribution in [2.75, 3.05) is 43.0 Å². The van der Waals surface area contributed by atoms with Gasteiger partial charge in [0.1, 0.15) is 0 Å². The maximum atomic E-state index is 12.3. The predicted molar refractivity (Wildman–Crippen MR) is 102 cm³/mol. The third kappa shape index (κ3) is 4.54. The van der Waals surface area contributed by atoms with Crippen LogP contribution in [-0.2, 0) is 4.74 Å². The summed E-state index contributed by atoms with van der Waals surface area (Å²) in [6.45, 7) is 4.44. The highest BCUT2D eigenvalue weighted by atomic mass is 16.6. The molecule has 0 unspecified atom stereocenters. The van der Waals surface area contributed by atoms with Gasteiger partial charge in [-0.1, -0.05) is 6.07 Å². The molecule has 0 spiro atoms. The number of nitrogens with one attached hydrogen (secondary N) is 1. The number of amides is 2. The highest BCUT2D eigenvalue weighted by Crippen LogP contribution is 2.15. The normalized spacial score (nSPS) is 13.6. The van der Waals surface area contributed by atoms with Gasteiger partial charge in [0.2, 0.25) is 0 Å². The molecule has 2 amide bonds. The number of carbonyl (C=O) groups excluding carboxylic acids is 2.